The Labute approximate surface area is 141 Å². The summed E-state index contributed by atoms with van der Waals surface area (Å²) in [7, 11) is 0. The van der Waals surface area contributed by atoms with Gasteiger partial charge in [-0.3, -0.25) is 4.79 Å². The number of carbonyl (C=O) groups excluding carboxylic acids is 1. The summed E-state index contributed by atoms with van der Waals surface area (Å²) in [5.41, 5.74) is 0. The van der Waals surface area contributed by atoms with Gasteiger partial charge in [0.05, 0.1) is 6.10 Å². The van der Waals surface area contributed by atoms with Crippen LogP contribution < -0.4 is 10.6 Å². The van der Waals surface area contributed by atoms with Gasteiger partial charge in [-0.2, -0.15) is 0 Å². The molecule has 0 atom stereocenters. The van der Waals surface area contributed by atoms with E-state index >= 15 is 0 Å². The van der Waals surface area contributed by atoms with Crippen LogP contribution in [0.1, 0.15) is 46.0 Å². The summed E-state index contributed by atoms with van der Waals surface area (Å²) >= 11 is 0. The molecule has 5 nitrogen and oxygen atoms in total. The van der Waals surface area contributed by atoms with Crippen molar-refractivity contribution in [2.45, 2.75) is 52.1 Å². The Morgan fingerprint density at radius 3 is 2.57 bits per heavy atom. The van der Waals surface area contributed by atoms with E-state index in [1.807, 2.05) is 13.8 Å². The van der Waals surface area contributed by atoms with Crippen LogP contribution in [-0.2, 0) is 9.53 Å². The number of nitrogens with one attached hydrogen (secondary N) is 2. The van der Waals surface area contributed by atoms with Crippen LogP contribution in [0.15, 0.2) is 0 Å². The van der Waals surface area contributed by atoms with Crippen molar-refractivity contribution < 1.29 is 9.53 Å². The fourth-order valence-electron chi connectivity index (χ4n) is 3.55. The number of nitrogens with zero attached hydrogens (tertiary/aromatic N) is 1. The predicted molar refractivity (Wildman–Crippen MR) is 93.5 cm³/mol. The summed E-state index contributed by atoms with van der Waals surface area (Å²) in [4.78, 5) is 14.8. The lowest BCUT2D eigenvalue weighted by molar-refractivity contribution is -0.126. The highest BCUT2D eigenvalue weighted by Gasteiger charge is 2.26. The van der Waals surface area contributed by atoms with Crippen molar-refractivity contribution in [3.63, 3.8) is 0 Å². The number of hydrogen-bond acceptors (Lipinski definition) is 4. The van der Waals surface area contributed by atoms with Crippen molar-refractivity contribution in [3.8, 4) is 0 Å². The van der Waals surface area contributed by atoms with Gasteiger partial charge in [0.25, 0.3) is 0 Å². The average molecular weight is 325 g/mol. The van der Waals surface area contributed by atoms with E-state index in [4.69, 9.17) is 4.74 Å². The van der Waals surface area contributed by atoms with Crippen LogP contribution >= 0.6 is 0 Å². The van der Waals surface area contributed by atoms with Crippen molar-refractivity contribution in [3.05, 3.63) is 0 Å². The smallest absolute Gasteiger partial charge is 0.223 e. The first-order chi connectivity index (χ1) is 11.1. The summed E-state index contributed by atoms with van der Waals surface area (Å²) in [6, 6.07) is 0. The molecule has 0 unspecified atom stereocenters. The second kappa shape index (κ2) is 10.3. The van der Waals surface area contributed by atoms with Gasteiger partial charge in [-0.25, -0.2) is 0 Å². The number of likely N-dealkylation sites (tertiary alicyclic amines) is 1. The number of hydrogen-bond donors (Lipinski definition) is 2. The minimum absolute atomic E-state index is 0.213. The Morgan fingerprint density at radius 1 is 1.22 bits per heavy atom. The molecule has 0 saturated carbocycles. The summed E-state index contributed by atoms with van der Waals surface area (Å²) in [5, 5.41) is 6.50. The fourth-order valence-corrected chi connectivity index (χ4v) is 3.55. The number of piperidine rings is 2. The van der Waals surface area contributed by atoms with E-state index < -0.39 is 0 Å². The SMILES string of the molecule is CC(C)OCCCNC(=O)C1CCN(CC2CCNCC2)CC1. The molecule has 0 aliphatic carbocycles. The quantitative estimate of drug-likeness (QED) is 0.666. The Hall–Kier alpha value is -0.650. The molecular weight excluding hydrogens is 290 g/mol. The van der Waals surface area contributed by atoms with Crippen LogP contribution in [0, 0.1) is 11.8 Å². The summed E-state index contributed by atoms with van der Waals surface area (Å²) in [6.45, 7) is 11.3. The highest BCUT2D eigenvalue weighted by atomic mass is 16.5. The predicted octanol–water partition coefficient (Wildman–Crippen LogP) is 1.63. The summed E-state index contributed by atoms with van der Waals surface area (Å²) < 4.78 is 5.49. The Balaban J connectivity index is 1.55. The lowest BCUT2D eigenvalue weighted by atomic mass is 9.93. The molecule has 2 fully saturated rings. The van der Waals surface area contributed by atoms with E-state index in [0.29, 0.717) is 0 Å². The monoisotopic (exact) mass is 325 g/mol. The molecule has 0 spiro atoms. The topological polar surface area (TPSA) is 53.6 Å². The van der Waals surface area contributed by atoms with Crippen molar-refractivity contribution in [1.82, 2.24) is 15.5 Å². The minimum Gasteiger partial charge on any atom is -0.379 e. The largest absolute Gasteiger partial charge is 0.379 e. The molecule has 0 radical (unpaired) electrons. The summed E-state index contributed by atoms with van der Waals surface area (Å²) in [6.07, 6.45) is 5.81. The lowest BCUT2D eigenvalue weighted by Crippen LogP contribution is -2.43. The van der Waals surface area contributed by atoms with Gasteiger partial charge in [-0.05, 0) is 78.0 Å². The number of amides is 1. The summed E-state index contributed by atoms with van der Waals surface area (Å²) in [5.74, 6) is 1.31. The minimum atomic E-state index is 0.213. The highest BCUT2D eigenvalue weighted by Crippen LogP contribution is 2.20. The molecule has 0 aromatic carbocycles. The van der Waals surface area contributed by atoms with Gasteiger partial charge < -0.3 is 20.3 Å². The normalized spacial score (nSPS) is 21.7. The van der Waals surface area contributed by atoms with Crippen LogP contribution in [0.25, 0.3) is 0 Å². The maximum absolute atomic E-state index is 12.2. The first-order valence-corrected chi connectivity index (χ1v) is 9.47. The van der Waals surface area contributed by atoms with Crippen molar-refractivity contribution in [1.29, 1.82) is 0 Å². The molecule has 5 heteroatoms. The van der Waals surface area contributed by atoms with Crippen LogP contribution in [0.3, 0.4) is 0 Å². The first-order valence-electron chi connectivity index (χ1n) is 9.47. The molecule has 0 aromatic heterocycles. The lowest BCUT2D eigenvalue weighted by Gasteiger charge is -2.35. The molecule has 23 heavy (non-hydrogen) atoms. The highest BCUT2D eigenvalue weighted by molar-refractivity contribution is 5.78. The van der Waals surface area contributed by atoms with Gasteiger partial charge in [0.2, 0.25) is 5.91 Å². The average Bonchev–Trinajstić information content (AvgIpc) is 2.56. The zero-order chi connectivity index (χ0) is 16.5. The third kappa shape index (κ3) is 7.19. The maximum Gasteiger partial charge on any atom is 0.223 e. The standard InChI is InChI=1S/C18H35N3O2/c1-15(2)23-13-3-8-20-18(22)17-6-11-21(12-7-17)14-16-4-9-19-10-5-16/h15-17,19H,3-14H2,1-2H3,(H,20,22). The van der Waals surface area contributed by atoms with Crippen LogP contribution in [-0.4, -0.2) is 62.8 Å². The van der Waals surface area contributed by atoms with E-state index in [2.05, 4.69) is 15.5 Å². The molecule has 0 bridgehead atoms. The molecule has 2 aliphatic heterocycles. The van der Waals surface area contributed by atoms with E-state index in [1.165, 1.54) is 32.5 Å². The molecule has 2 aliphatic rings. The first kappa shape index (κ1) is 18.7. The Morgan fingerprint density at radius 2 is 1.91 bits per heavy atom. The molecular formula is C18H35N3O2. The molecule has 2 N–H and O–H groups in total. The van der Waals surface area contributed by atoms with E-state index in [-0.39, 0.29) is 17.9 Å². The number of ether oxygens (including phenoxy) is 1. The van der Waals surface area contributed by atoms with Crippen molar-refractivity contribution in [2.24, 2.45) is 11.8 Å². The second-order valence-electron chi connectivity index (χ2n) is 7.33. The number of rotatable bonds is 8. The van der Waals surface area contributed by atoms with Gasteiger partial charge in [-0.15, -0.1) is 0 Å². The van der Waals surface area contributed by atoms with Crippen LogP contribution in [0.5, 0.6) is 0 Å². The van der Waals surface area contributed by atoms with E-state index in [1.54, 1.807) is 0 Å². The van der Waals surface area contributed by atoms with Crippen LogP contribution in [0.4, 0.5) is 0 Å². The van der Waals surface area contributed by atoms with Crippen LogP contribution in [0.2, 0.25) is 0 Å². The Bertz CT molecular complexity index is 335. The van der Waals surface area contributed by atoms with Gasteiger partial charge in [0.1, 0.15) is 0 Å². The maximum atomic E-state index is 12.2. The molecule has 2 saturated heterocycles. The molecule has 2 heterocycles. The zero-order valence-electron chi connectivity index (χ0n) is 15.0. The van der Waals surface area contributed by atoms with E-state index in [0.717, 1.165) is 51.4 Å². The van der Waals surface area contributed by atoms with Gasteiger partial charge in [0, 0.05) is 25.6 Å². The molecule has 134 valence electrons. The van der Waals surface area contributed by atoms with Crippen molar-refractivity contribution >= 4 is 5.91 Å². The zero-order valence-corrected chi connectivity index (χ0v) is 15.0. The molecule has 0 aromatic rings. The number of carbonyl (C=O) groups is 1. The van der Waals surface area contributed by atoms with Gasteiger partial charge in [0.15, 0.2) is 0 Å². The van der Waals surface area contributed by atoms with Gasteiger partial charge >= 0.3 is 0 Å². The molecule has 2 rings (SSSR count). The Kier molecular flexibility index (Phi) is 8.34. The second-order valence-corrected chi connectivity index (χ2v) is 7.33. The molecule has 1 amide bonds. The van der Waals surface area contributed by atoms with Crippen molar-refractivity contribution in [2.75, 3.05) is 45.9 Å². The third-order valence-corrected chi connectivity index (χ3v) is 5.01. The van der Waals surface area contributed by atoms with E-state index in [9.17, 15) is 4.79 Å². The van der Waals surface area contributed by atoms with Gasteiger partial charge in [-0.1, -0.05) is 0 Å². The third-order valence-electron chi connectivity index (χ3n) is 5.01. The fraction of sp³-hybridized carbons (Fsp3) is 0.944.